The minimum absolute atomic E-state index is 0.0877. The summed E-state index contributed by atoms with van der Waals surface area (Å²) >= 11 is 0. The number of esters is 2. The lowest BCUT2D eigenvalue weighted by Crippen LogP contribution is -2.30. The lowest BCUT2D eigenvalue weighted by atomic mass is 10.0. The van der Waals surface area contributed by atoms with E-state index in [1.165, 1.54) is 218 Å². The Morgan fingerprint density at radius 1 is 0.355 bits per heavy atom. The van der Waals surface area contributed by atoms with E-state index in [0.29, 0.717) is 26.1 Å². The molecular weight excluding hydrogens is 765 g/mol. The summed E-state index contributed by atoms with van der Waals surface area (Å²) in [6, 6.07) is 0. The quantitative estimate of drug-likeness (QED) is 0.0346. The molecule has 5 nitrogen and oxygen atoms in total. The van der Waals surface area contributed by atoms with Gasteiger partial charge in [0.25, 0.3) is 0 Å². The Labute approximate surface area is 387 Å². The van der Waals surface area contributed by atoms with Crippen molar-refractivity contribution < 1.29 is 23.8 Å². The van der Waals surface area contributed by atoms with Crippen LogP contribution in [0.4, 0.5) is 0 Å². The summed E-state index contributed by atoms with van der Waals surface area (Å²) in [5.74, 6) is -0.391. The highest BCUT2D eigenvalue weighted by atomic mass is 16.6. The Hall–Kier alpha value is -1.62. The monoisotopic (exact) mass is 873 g/mol. The zero-order valence-corrected chi connectivity index (χ0v) is 42.2. The summed E-state index contributed by atoms with van der Waals surface area (Å²) in [7, 11) is 0. The van der Waals surface area contributed by atoms with E-state index in [0.717, 1.165) is 51.4 Å². The van der Waals surface area contributed by atoms with E-state index in [2.05, 4.69) is 45.1 Å². The fraction of sp³-hybridized carbons (Fsp3) is 0.895. The largest absolute Gasteiger partial charge is 0.462 e. The normalized spacial score (nSPS) is 12.2. The topological polar surface area (TPSA) is 61.8 Å². The van der Waals surface area contributed by atoms with Crippen molar-refractivity contribution in [2.75, 3.05) is 19.8 Å². The Bertz CT molecular complexity index is 943. The first-order valence-corrected chi connectivity index (χ1v) is 27.9. The summed E-state index contributed by atoms with van der Waals surface area (Å²) in [6.07, 6.45) is 63.3. The van der Waals surface area contributed by atoms with Gasteiger partial charge in [0.15, 0.2) is 6.10 Å². The molecule has 0 aliphatic rings. The van der Waals surface area contributed by atoms with Crippen LogP contribution in [0.3, 0.4) is 0 Å². The molecule has 0 radical (unpaired) electrons. The molecule has 366 valence electrons. The summed E-state index contributed by atoms with van der Waals surface area (Å²) in [5.41, 5.74) is 0. The summed E-state index contributed by atoms with van der Waals surface area (Å²) in [4.78, 5) is 25.5. The van der Waals surface area contributed by atoms with E-state index >= 15 is 0 Å². The summed E-state index contributed by atoms with van der Waals surface area (Å²) < 4.78 is 17.5. The molecule has 0 amide bonds. The standard InChI is InChI=1S/C57H108O5/c1-4-7-10-13-16-19-22-25-28-29-31-32-35-38-41-44-47-50-56(58)61-54-55(53-60-52-49-46-43-40-37-34-27-24-21-18-15-12-9-6-3)62-57(59)51-48-45-42-39-36-33-30-26-23-20-17-14-11-8-5-2/h17,20,26,30,55H,4-16,18-19,21-25,27-29,31-54H2,1-3H3/b20-17-,30-26-. The molecular formula is C57H108O5. The number of hydrogen-bond donors (Lipinski definition) is 0. The highest BCUT2D eigenvalue weighted by molar-refractivity contribution is 5.70. The SMILES string of the molecule is CCCCC/C=C\C/C=C\CCCCCCCC(=O)OC(COCCCCCCCCCCCCCCCC)COC(=O)CCCCCCCCCCCCCCCCCCC. The van der Waals surface area contributed by atoms with E-state index in [1.54, 1.807) is 0 Å². The average molecular weight is 873 g/mol. The van der Waals surface area contributed by atoms with Gasteiger partial charge in [-0.05, 0) is 51.4 Å². The number of carbonyl (C=O) groups is 2. The van der Waals surface area contributed by atoms with Crippen LogP contribution >= 0.6 is 0 Å². The second kappa shape index (κ2) is 53.7. The van der Waals surface area contributed by atoms with Gasteiger partial charge in [-0.3, -0.25) is 9.59 Å². The number of unbranched alkanes of at least 4 members (excludes halogenated alkanes) is 37. The van der Waals surface area contributed by atoms with Gasteiger partial charge in [0.2, 0.25) is 0 Å². The second-order valence-electron chi connectivity index (χ2n) is 18.9. The van der Waals surface area contributed by atoms with Crippen LogP contribution in [0.15, 0.2) is 24.3 Å². The smallest absolute Gasteiger partial charge is 0.306 e. The molecule has 5 heteroatoms. The first kappa shape index (κ1) is 60.4. The number of rotatable bonds is 52. The zero-order valence-electron chi connectivity index (χ0n) is 42.2. The third kappa shape index (κ3) is 51.0. The minimum atomic E-state index is -0.536. The number of allylic oxidation sites excluding steroid dienone is 4. The summed E-state index contributed by atoms with van der Waals surface area (Å²) in [6.45, 7) is 7.86. The van der Waals surface area contributed by atoms with Gasteiger partial charge in [-0.1, -0.05) is 263 Å². The number of carbonyl (C=O) groups excluding carboxylic acids is 2. The van der Waals surface area contributed by atoms with Gasteiger partial charge < -0.3 is 14.2 Å². The Morgan fingerprint density at radius 3 is 1.10 bits per heavy atom. The van der Waals surface area contributed by atoms with Crippen molar-refractivity contribution in [3.8, 4) is 0 Å². The predicted molar refractivity (Wildman–Crippen MR) is 270 cm³/mol. The van der Waals surface area contributed by atoms with E-state index in [-0.39, 0.29) is 18.5 Å². The van der Waals surface area contributed by atoms with Crippen LogP contribution in [0.25, 0.3) is 0 Å². The Kier molecular flexibility index (Phi) is 52.3. The maximum atomic E-state index is 12.8. The van der Waals surface area contributed by atoms with Gasteiger partial charge in [0.05, 0.1) is 6.61 Å². The maximum absolute atomic E-state index is 12.8. The van der Waals surface area contributed by atoms with Crippen molar-refractivity contribution in [2.45, 2.75) is 309 Å². The first-order valence-electron chi connectivity index (χ1n) is 27.9. The molecule has 0 aromatic heterocycles. The average Bonchev–Trinajstić information content (AvgIpc) is 3.27. The fourth-order valence-electron chi connectivity index (χ4n) is 8.31. The number of hydrogen-bond acceptors (Lipinski definition) is 5. The fourth-order valence-corrected chi connectivity index (χ4v) is 8.31. The van der Waals surface area contributed by atoms with Crippen LogP contribution in [-0.4, -0.2) is 37.9 Å². The lowest BCUT2D eigenvalue weighted by Gasteiger charge is -2.18. The molecule has 0 saturated carbocycles. The molecule has 0 heterocycles. The van der Waals surface area contributed by atoms with Crippen LogP contribution < -0.4 is 0 Å². The van der Waals surface area contributed by atoms with Crippen molar-refractivity contribution in [3.05, 3.63) is 24.3 Å². The first-order chi connectivity index (χ1) is 30.6. The van der Waals surface area contributed by atoms with Crippen molar-refractivity contribution in [3.63, 3.8) is 0 Å². The van der Waals surface area contributed by atoms with Gasteiger partial charge in [0.1, 0.15) is 6.61 Å². The van der Waals surface area contributed by atoms with Gasteiger partial charge in [-0.2, -0.15) is 0 Å². The highest BCUT2D eigenvalue weighted by Gasteiger charge is 2.17. The van der Waals surface area contributed by atoms with Crippen molar-refractivity contribution >= 4 is 11.9 Å². The third-order valence-corrected chi connectivity index (χ3v) is 12.5. The van der Waals surface area contributed by atoms with Gasteiger partial charge >= 0.3 is 11.9 Å². The van der Waals surface area contributed by atoms with Crippen LogP contribution in [-0.2, 0) is 23.8 Å². The molecule has 0 saturated heterocycles. The second-order valence-corrected chi connectivity index (χ2v) is 18.9. The molecule has 0 aromatic rings. The lowest BCUT2D eigenvalue weighted by molar-refractivity contribution is -0.163. The molecule has 0 rings (SSSR count). The molecule has 0 spiro atoms. The van der Waals surface area contributed by atoms with Crippen LogP contribution in [0.5, 0.6) is 0 Å². The molecule has 0 aliphatic heterocycles. The molecule has 62 heavy (non-hydrogen) atoms. The van der Waals surface area contributed by atoms with Crippen molar-refractivity contribution in [1.82, 2.24) is 0 Å². The molecule has 0 aliphatic carbocycles. The number of ether oxygens (including phenoxy) is 3. The predicted octanol–water partition coefficient (Wildman–Crippen LogP) is 18.8. The molecule has 0 aromatic carbocycles. The molecule has 0 fully saturated rings. The highest BCUT2D eigenvalue weighted by Crippen LogP contribution is 2.16. The van der Waals surface area contributed by atoms with Gasteiger partial charge in [-0.15, -0.1) is 0 Å². The summed E-state index contributed by atoms with van der Waals surface area (Å²) in [5, 5.41) is 0. The Morgan fingerprint density at radius 2 is 0.677 bits per heavy atom. The molecule has 1 atom stereocenters. The molecule has 0 N–H and O–H groups in total. The molecule has 0 bridgehead atoms. The van der Waals surface area contributed by atoms with Crippen LogP contribution in [0, 0.1) is 0 Å². The Balaban J connectivity index is 4.22. The third-order valence-electron chi connectivity index (χ3n) is 12.5. The van der Waals surface area contributed by atoms with E-state index in [4.69, 9.17) is 14.2 Å². The van der Waals surface area contributed by atoms with E-state index in [9.17, 15) is 9.59 Å². The van der Waals surface area contributed by atoms with Crippen LogP contribution in [0.2, 0.25) is 0 Å². The minimum Gasteiger partial charge on any atom is -0.462 e. The maximum Gasteiger partial charge on any atom is 0.306 e. The zero-order chi connectivity index (χ0) is 44.9. The molecule has 1 unspecified atom stereocenters. The van der Waals surface area contributed by atoms with Crippen molar-refractivity contribution in [1.29, 1.82) is 0 Å². The van der Waals surface area contributed by atoms with Crippen molar-refractivity contribution in [2.24, 2.45) is 0 Å². The van der Waals surface area contributed by atoms with E-state index in [1.807, 2.05) is 0 Å². The van der Waals surface area contributed by atoms with E-state index < -0.39 is 6.10 Å². The van der Waals surface area contributed by atoms with Crippen LogP contribution in [0.1, 0.15) is 303 Å². The van der Waals surface area contributed by atoms with Gasteiger partial charge in [0, 0.05) is 19.4 Å². The van der Waals surface area contributed by atoms with Gasteiger partial charge in [-0.25, -0.2) is 0 Å².